The van der Waals surface area contributed by atoms with Crippen LogP contribution in [-0.2, 0) is 0 Å². The first-order valence-electron chi connectivity index (χ1n) is 6.02. The molecule has 7 heteroatoms. The van der Waals surface area contributed by atoms with Crippen molar-refractivity contribution in [3.8, 4) is 0 Å². The molecule has 0 aliphatic rings. The second-order valence-electron chi connectivity index (χ2n) is 4.90. The molecule has 0 saturated heterocycles. The van der Waals surface area contributed by atoms with Crippen LogP contribution in [0.5, 0.6) is 0 Å². The van der Waals surface area contributed by atoms with E-state index in [1.165, 1.54) is 18.2 Å². The van der Waals surface area contributed by atoms with Crippen LogP contribution in [0.3, 0.4) is 0 Å². The largest absolute Gasteiger partial charge is 0.406 e. The van der Waals surface area contributed by atoms with E-state index in [4.69, 9.17) is 17.3 Å². The van der Waals surface area contributed by atoms with Crippen molar-refractivity contribution in [2.45, 2.75) is 20.0 Å². The number of carbonyl (C=O) groups excluding carboxylic acids is 1. The Morgan fingerprint density at radius 3 is 2.50 bits per heavy atom. The van der Waals surface area contributed by atoms with Crippen LogP contribution < -0.4 is 5.73 Å². The number of anilines is 1. The number of alkyl halides is 3. The average molecular weight is 309 g/mol. The van der Waals surface area contributed by atoms with Crippen LogP contribution in [0.25, 0.3) is 0 Å². The van der Waals surface area contributed by atoms with Gasteiger partial charge in [0, 0.05) is 6.54 Å². The van der Waals surface area contributed by atoms with E-state index in [9.17, 15) is 18.0 Å². The fourth-order valence-electron chi connectivity index (χ4n) is 1.76. The number of amides is 1. The van der Waals surface area contributed by atoms with E-state index in [0.29, 0.717) is 0 Å². The molecule has 0 spiro atoms. The summed E-state index contributed by atoms with van der Waals surface area (Å²) in [4.78, 5) is 13.0. The third-order valence-corrected chi connectivity index (χ3v) is 2.92. The molecule has 0 fully saturated rings. The Bertz CT molecular complexity index is 489. The van der Waals surface area contributed by atoms with Crippen molar-refractivity contribution in [2.24, 2.45) is 5.92 Å². The predicted molar refractivity (Wildman–Crippen MR) is 72.7 cm³/mol. The summed E-state index contributed by atoms with van der Waals surface area (Å²) in [5, 5.41) is -0.0200. The van der Waals surface area contributed by atoms with Gasteiger partial charge in [-0.1, -0.05) is 31.5 Å². The Morgan fingerprint density at radius 2 is 2.00 bits per heavy atom. The summed E-state index contributed by atoms with van der Waals surface area (Å²) in [5.74, 6) is -0.866. The Hall–Kier alpha value is -1.43. The second-order valence-corrected chi connectivity index (χ2v) is 5.28. The lowest BCUT2D eigenvalue weighted by Gasteiger charge is -2.26. The standard InChI is InChI=1S/C13H16ClF3N2O/c1-8(2)6-19(7-13(15,16)17)12(20)9-4-3-5-10(18)11(9)14/h3-5,8H,6-7,18H2,1-2H3. The van der Waals surface area contributed by atoms with E-state index < -0.39 is 18.6 Å². The number of hydrogen-bond acceptors (Lipinski definition) is 2. The first-order chi connectivity index (χ1) is 9.11. The molecule has 0 bridgehead atoms. The molecular weight excluding hydrogens is 293 g/mol. The number of nitrogens with two attached hydrogens (primary N) is 1. The van der Waals surface area contributed by atoms with Crippen molar-refractivity contribution in [3.05, 3.63) is 28.8 Å². The summed E-state index contributed by atoms with van der Waals surface area (Å²) in [6, 6.07) is 4.33. The molecule has 0 aliphatic carbocycles. The molecule has 1 amide bonds. The van der Waals surface area contributed by atoms with Gasteiger partial charge in [0.05, 0.1) is 16.3 Å². The normalized spacial score (nSPS) is 11.8. The van der Waals surface area contributed by atoms with Crippen LogP contribution in [-0.4, -0.2) is 30.1 Å². The zero-order valence-corrected chi connectivity index (χ0v) is 11.9. The van der Waals surface area contributed by atoms with Gasteiger partial charge in [-0.2, -0.15) is 13.2 Å². The van der Waals surface area contributed by atoms with Crippen LogP contribution >= 0.6 is 11.6 Å². The molecule has 1 aromatic carbocycles. The quantitative estimate of drug-likeness (QED) is 0.864. The molecule has 1 rings (SSSR count). The number of nitrogen functional groups attached to an aromatic ring is 1. The average Bonchev–Trinajstić information content (AvgIpc) is 2.28. The molecular formula is C13H16ClF3N2O. The monoisotopic (exact) mass is 308 g/mol. The second kappa shape index (κ2) is 6.35. The fraction of sp³-hybridized carbons (Fsp3) is 0.462. The Morgan fingerprint density at radius 1 is 1.40 bits per heavy atom. The summed E-state index contributed by atoms with van der Waals surface area (Å²) in [6.45, 7) is 2.15. The minimum Gasteiger partial charge on any atom is -0.398 e. The molecule has 0 radical (unpaired) electrons. The van der Waals surface area contributed by atoms with Gasteiger partial charge in [0.15, 0.2) is 0 Å². The highest BCUT2D eigenvalue weighted by atomic mass is 35.5. The Balaban J connectivity index is 3.06. The maximum atomic E-state index is 12.6. The summed E-state index contributed by atoms with van der Waals surface area (Å²) in [5.41, 5.74) is 5.71. The smallest absolute Gasteiger partial charge is 0.398 e. The summed E-state index contributed by atoms with van der Waals surface area (Å²) in [7, 11) is 0. The molecule has 0 aliphatic heterocycles. The summed E-state index contributed by atoms with van der Waals surface area (Å²) < 4.78 is 37.7. The maximum absolute atomic E-state index is 12.6. The number of hydrogen-bond donors (Lipinski definition) is 1. The molecule has 1 aromatic rings. The predicted octanol–water partition coefficient (Wildman–Crippen LogP) is 3.58. The van der Waals surface area contributed by atoms with E-state index in [0.717, 1.165) is 4.90 Å². The Kier molecular flexibility index (Phi) is 5.28. The molecule has 0 heterocycles. The Labute approximate surface area is 120 Å². The van der Waals surface area contributed by atoms with Gasteiger partial charge >= 0.3 is 6.18 Å². The van der Waals surface area contributed by atoms with Gasteiger partial charge in [0.25, 0.3) is 5.91 Å². The summed E-state index contributed by atoms with van der Waals surface area (Å²) in [6.07, 6.45) is -4.46. The highest BCUT2D eigenvalue weighted by Gasteiger charge is 2.34. The van der Waals surface area contributed by atoms with E-state index in [1.54, 1.807) is 13.8 Å². The van der Waals surface area contributed by atoms with Gasteiger partial charge in [0.1, 0.15) is 6.54 Å². The minimum atomic E-state index is -4.46. The molecule has 0 aromatic heterocycles. The fourth-order valence-corrected chi connectivity index (χ4v) is 1.97. The van der Waals surface area contributed by atoms with Gasteiger partial charge in [-0.15, -0.1) is 0 Å². The number of carbonyl (C=O) groups is 1. The molecule has 112 valence electrons. The summed E-state index contributed by atoms with van der Waals surface area (Å²) >= 11 is 5.89. The number of rotatable bonds is 4. The van der Waals surface area contributed by atoms with E-state index in [1.807, 2.05) is 0 Å². The highest BCUT2D eigenvalue weighted by Crippen LogP contribution is 2.26. The van der Waals surface area contributed by atoms with Crippen LogP contribution in [0.15, 0.2) is 18.2 Å². The third-order valence-electron chi connectivity index (χ3n) is 2.50. The van der Waals surface area contributed by atoms with Crippen molar-refractivity contribution < 1.29 is 18.0 Å². The zero-order chi connectivity index (χ0) is 15.5. The van der Waals surface area contributed by atoms with Crippen molar-refractivity contribution in [2.75, 3.05) is 18.8 Å². The SMILES string of the molecule is CC(C)CN(CC(F)(F)F)C(=O)c1cccc(N)c1Cl. The van der Waals surface area contributed by atoms with Gasteiger partial charge in [-0.05, 0) is 18.1 Å². The zero-order valence-electron chi connectivity index (χ0n) is 11.2. The third kappa shape index (κ3) is 4.59. The van der Waals surface area contributed by atoms with Crippen molar-refractivity contribution in [1.29, 1.82) is 0 Å². The van der Waals surface area contributed by atoms with Gasteiger partial charge in [-0.3, -0.25) is 4.79 Å². The molecule has 0 unspecified atom stereocenters. The number of benzene rings is 1. The first kappa shape index (κ1) is 16.6. The minimum absolute atomic E-state index is 0.0104. The van der Waals surface area contributed by atoms with Crippen LogP contribution in [0.2, 0.25) is 5.02 Å². The van der Waals surface area contributed by atoms with Crippen molar-refractivity contribution in [1.82, 2.24) is 4.90 Å². The van der Waals surface area contributed by atoms with Crippen LogP contribution in [0.1, 0.15) is 24.2 Å². The van der Waals surface area contributed by atoms with E-state index in [2.05, 4.69) is 0 Å². The van der Waals surface area contributed by atoms with Gasteiger partial charge < -0.3 is 10.6 Å². The lowest BCUT2D eigenvalue weighted by Crippen LogP contribution is -2.41. The van der Waals surface area contributed by atoms with Crippen LogP contribution in [0.4, 0.5) is 18.9 Å². The lowest BCUT2D eigenvalue weighted by atomic mass is 10.1. The number of nitrogens with zero attached hydrogens (tertiary/aromatic N) is 1. The first-order valence-corrected chi connectivity index (χ1v) is 6.39. The number of halogens is 4. The van der Waals surface area contributed by atoms with Gasteiger partial charge in [0.2, 0.25) is 0 Å². The molecule has 20 heavy (non-hydrogen) atoms. The van der Waals surface area contributed by atoms with Crippen molar-refractivity contribution in [3.63, 3.8) is 0 Å². The highest BCUT2D eigenvalue weighted by molar-refractivity contribution is 6.36. The van der Waals surface area contributed by atoms with Gasteiger partial charge in [-0.25, -0.2) is 0 Å². The molecule has 3 nitrogen and oxygen atoms in total. The molecule has 0 atom stereocenters. The van der Waals surface area contributed by atoms with Crippen LogP contribution in [0, 0.1) is 5.92 Å². The van der Waals surface area contributed by atoms with E-state index >= 15 is 0 Å². The topological polar surface area (TPSA) is 46.3 Å². The lowest BCUT2D eigenvalue weighted by molar-refractivity contribution is -0.141. The maximum Gasteiger partial charge on any atom is 0.406 e. The molecule has 2 N–H and O–H groups in total. The molecule has 0 saturated carbocycles. The van der Waals surface area contributed by atoms with E-state index in [-0.39, 0.29) is 28.7 Å². The van der Waals surface area contributed by atoms with Crippen molar-refractivity contribution >= 4 is 23.2 Å².